The van der Waals surface area contributed by atoms with Crippen LogP contribution in [-0.2, 0) is 0 Å². The number of carboxylic acid groups (broad SMARTS) is 1. The Bertz CT molecular complexity index is 974. The summed E-state index contributed by atoms with van der Waals surface area (Å²) in [6, 6.07) is 18.6. The van der Waals surface area contributed by atoms with E-state index in [0.717, 1.165) is 34.4 Å². The molecule has 0 aliphatic heterocycles. The molecule has 0 radical (unpaired) electrons. The summed E-state index contributed by atoms with van der Waals surface area (Å²) in [6.45, 7) is 6.75. The summed E-state index contributed by atoms with van der Waals surface area (Å²) < 4.78 is 11.6. The van der Waals surface area contributed by atoms with E-state index in [2.05, 4.69) is 6.92 Å². The Morgan fingerprint density at radius 1 is 0.929 bits per heavy atom. The van der Waals surface area contributed by atoms with E-state index in [1.807, 2.05) is 56.3 Å². The van der Waals surface area contributed by atoms with Crippen molar-refractivity contribution in [3.05, 3.63) is 77.4 Å². The second-order valence-corrected chi connectivity index (χ2v) is 6.76. The molecule has 0 unspecified atom stereocenters. The van der Waals surface area contributed by atoms with Crippen LogP contribution in [0.5, 0.6) is 17.2 Å². The Hall–Kier alpha value is -3.27. The van der Waals surface area contributed by atoms with Crippen LogP contribution in [0, 0.1) is 13.8 Å². The van der Waals surface area contributed by atoms with Gasteiger partial charge in [-0.25, -0.2) is 4.79 Å². The van der Waals surface area contributed by atoms with Crippen LogP contribution in [0.25, 0.3) is 11.1 Å². The summed E-state index contributed by atoms with van der Waals surface area (Å²) in [5, 5.41) is 9.53. The molecule has 0 fully saturated rings. The van der Waals surface area contributed by atoms with Gasteiger partial charge in [-0.05, 0) is 73.4 Å². The number of aromatic carboxylic acids is 1. The highest BCUT2D eigenvalue weighted by Gasteiger charge is 2.15. The maximum Gasteiger partial charge on any atom is 0.339 e. The normalized spacial score (nSPS) is 10.5. The first-order valence-electron chi connectivity index (χ1n) is 9.33. The predicted molar refractivity (Wildman–Crippen MR) is 111 cm³/mol. The van der Waals surface area contributed by atoms with E-state index in [9.17, 15) is 9.90 Å². The Morgan fingerprint density at radius 2 is 1.64 bits per heavy atom. The van der Waals surface area contributed by atoms with Gasteiger partial charge in [0.1, 0.15) is 22.8 Å². The van der Waals surface area contributed by atoms with E-state index in [1.54, 1.807) is 18.2 Å². The summed E-state index contributed by atoms with van der Waals surface area (Å²) in [5.74, 6) is 0.736. The fourth-order valence-corrected chi connectivity index (χ4v) is 2.95. The number of aryl methyl sites for hydroxylation is 2. The highest BCUT2D eigenvalue weighted by atomic mass is 16.5. The highest BCUT2D eigenvalue weighted by molar-refractivity contribution is 5.92. The van der Waals surface area contributed by atoms with E-state index in [-0.39, 0.29) is 5.56 Å². The van der Waals surface area contributed by atoms with Gasteiger partial charge in [-0.15, -0.1) is 0 Å². The van der Waals surface area contributed by atoms with Gasteiger partial charge in [0.2, 0.25) is 0 Å². The Labute approximate surface area is 165 Å². The largest absolute Gasteiger partial charge is 0.494 e. The first-order valence-corrected chi connectivity index (χ1v) is 9.33. The van der Waals surface area contributed by atoms with E-state index >= 15 is 0 Å². The number of ether oxygens (including phenoxy) is 2. The molecule has 0 bridgehead atoms. The Balaban J connectivity index is 1.96. The molecule has 0 aliphatic rings. The van der Waals surface area contributed by atoms with Gasteiger partial charge in [-0.2, -0.15) is 0 Å². The third-order valence-corrected chi connectivity index (χ3v) is 4.44. The number of hydrogen-bond acceptors (Lipinski definition) is 3. The first kappa shape index (κ1) is 19.5. The topological polar surface area (TPSA) is 55.8 Å². The molecule has 0 saturated heterocycles. The number of rotatable bonds is 7. The van der Waals surface area contributed by atoms with Crippen molar-refractivity contribution in [1.29, 1.82) is 0 Å². The molecule has 0 heterocycles. The average Bonchev–Trinajstić information content (AvgIpc) is 2.68. The van der Waals surface area contributed by atoms with E-state index in [4.69, 9.17) is 9.47 Å². The van der Waals surface area contributed by atoms with Crippen molar-refractivity contribution in [2.24, 2.45) is 0 Å². The molecule has 3 rings (SSSR count). The summed E-state index contributed by atoms with van der Waals surface area (Å²) in [5.41, 5.74) is 4.20. The van der Waals surface area contributed by atoms with Crippen LogP contribution in [0.15, 0.2) is 60.7 Å². The fraction of sp³-hybridized carbons (Fsp3) is 0.208. The van der Waals surface area contributed by atoms with Gasteiger partial charge >= 0.3 is 5.97 Å². The molecule has 0 aromatic heterocycles. The van der Waals surface area contributed by atoms with Crippen LogP contribution in [-0.4, -0.2) is 17.7 Å². The van der Waals surface area contributed by atoms with Crippen LogP contribution in [0.1, 0.15) is 34.8 Å². The smallest absolute Gasteiger partial charge is 0.339 e. The van der Waals surface area contributed by atoms with Crippen molar-refractivity contribution in [3.63, 3.8) is 0 Å². The molecule has 3 aromatic carbocycles. The van der Waals surface area contributed by atoms with Crippen LogP contribution in [0.3, 0.4) is 0 Å². The van der Waals surface area contributed by atoms with Crippen molar-refractivity contribution in [3.8, 4) is 28.4 Å². The fourth-order valence-electron chi connectivity index (χ4n) is 2.95. The predicted octanol–water partition coefficient (Wildman–Crippen LogP) is 6.25. The van der Waals surface area contributed by atoms with Gasteiger partial charge in [-0.3, -0.25) is 0 Å². The molecule has 0 atom stereocenters. The number of hydrogen-bond donors (Lipinski definition) is 1. The first-order chi connectivity index (χ1) is 13.5. The van der Waals surface area contributed by atoms with Crippen LogP contribution in [0.4, 0.5) is 0 Å². The van der Waals surface area contributed by atoms with Gasteiger partial charge in [0.25, 0.3) is 0 Å². The molecule has 4 nitrogen and oxygen atoms in total. The zero-order valence-corrected chi connectivity index (χ0v) is 16.4. The van der Waals surface area contributed by atoms with E-state index in [1.165, 1.54) is 0 Å². The molecule has 4 heteroatoms. The SMILES string of the molecule is CCCOc1ccc(-c2ccc(C(=O)O)c(Oc3ccc(C)cc3)c2)c(C)c1. The van der Waals surface area contributed by atoms with Gasteiger partial charge < -0.3 is 14.6 Å². The molecule has 0 spiro atoms. The molecule has 3 aromatic rings. The Morgan fingerprint density at radius 3 is 2.29 bits per heavy atom. The maximum atomic E-state index is 11.6. The second-order valence-electron chi connectivity index (χ2n) is 6.76. The van der Waals surface area contributed by atoms with Crippen molar-refractivity contribution in [1.82, 2.24) is 0 Å². The molecule has 28 heavy (non-hydrogen) atoms. The monoisotopic (exact) mass is 376 g/mol. The van der Waals surface area contributed by atoms with Crippen molar-refractivity contribution in [2.75, 3.05) is 6.61 Å². The minimum atomic E-state index is -1.02. The second kappa shape index (κ2) is 8.61. The maximum absolute atomic E-state index is 11.6. The minimum absolute atomic E-state index is 0.130. The Kier molecular flexibility index (Phi) is 5.99. The third-order valence-electron chi connectivity index (χ3n) is 4.44. The standard InChI is InChI=1S/C24H24O4/c1-4-13-27-20-10-12-21(17(3)14-20)18-7-11-22(24(25)26)23(15-18)28-19-8-5-16(2)6-9-19/h5-12,14-15H,4,13H2,1-3H3,(H,25,26). The number of benzene rings is 3. The molecular formula is C24H24O4. The number of carbonyl (C=O) groups is 1. The zero-order valence-electron chi connectivity index (χ0n) is 16.4. The van der Waals surface area contributed by atoms with Gasteiger partial charge in [0.15, 0.2) is 0 Å². The van der Waals surface area contributed by atoms with Gasteiger partial charge in [0.05, 0.1) is 6.61 Å². The van der Waals surface area contributed by atoms with E-state index < -0.39 is 5.97 Å². The average molecular weight is 376 g/mol. The molecule has 0 aliphatic carbocycles. The summed E-state index contributed by atoms with van der Waals surface area (Å²) >= 11 is 0. The summed E-state index contributed by atoms with van der Waals surface area (Å²) in [4.78, 5) is 11.6. The number of carboxylic acids is 1. The lowest BCUT2D eigenvalue weighted by atomic mass is 9.98. The van der Waals surface area contributed by atoms with Crippen molar-refractivity contribution < 1.29 is 19.4 Å². The molecular weight excluding hydrogens is 352 g/mol. The molecule has 0 saturated carbocycles. The van der Waals surface area contributed by atoms with E-state index in [0.29, 0.717) is 18.1 Å². The lowest BCUT2D eigenvalue weighted by Crippen LogP contribution is -2.01. The van der Waals surface area contributed by atoms with Crippen molar-refractivity contribution in [2.45, 2.75) is 27.2 Å². The quantitative estimate of drug-likeness (QED) is 0.529. The zero-order chi connectivity index (χ0) is 20.1. The van der Waals surface area contributed by atoms with Crippen LogP contribution < -0.4 is 9.47 Å². The summed E-state index contributed by atoms with van der Waals surface area (Å²) in [6.07, 6.45) is 0.956. The third kappa shape index (κ3) is 4.52. The van der Waals surface area contributed by atoms with Crippen LogP contribution >= 0.6 is 0 Å². The van der Waals surface area contributed by atoms with Crippen LogP contribution in [0.2, 0.25) is 0 Å². The van der Waals surface area contributed by atoms with Gasteiger partial charge in [-0.1, -0.05) is 36.8 Å². The summed E-state index contributed by atoms with van der Waals surface area (Å²) in [7, 11) is 0. The lowest BCUT2D eigenvalue weighted by Gasteiger charge is -2.13. The van der Waals surface area contributed by atoms with Gasteiger partial charge in [0, 0.05) is 0 Å². The molecule has 0 amide bonds. The molecule has 1 N–H and O–H groups in total. The highest BCUT2D eigenvalue weighted by Crippen LogP contribution is 2.33. The minimum Gasteiger partial charge on any atom is -0.494 e. The van der Waals surface area contributed by atoms with Crippen molar-refractivity contribution >= 4 is 5.97 Å². The molecule has 144 valence electrons. The lowest BCUT2D eigenvalue weighted by molar-refractivity contribution is 0.0694.